The summed E-state index contributed by atoms with van der Waals surface area (Å²) in [5, 5.41) is 21.2. The van der Waals surface area contributed by atoms with Crippen molar-refractivity contribution in [2.24, 2.45) is 0 Å². The lowest BCUT2D eigenvalue weighted by atomic mass is 10.1. The van der Waals surface area contributed by atoms with Crippen molar-refractivity contribution in [2.45, 2.75) is 42.7 Å². The van der Waals surface area contributed by atoms with E-state index in [1.54, 1.807) is 24.5 Å². The van der Waals surface area contributed by atoms with Gasteiger partial charge in [-0.15, -0.1) is 0 Å². The van der Waals surface area contributed by atoms with Gasteiger partial charge in [0.1, 0.15) is 17.3 Å². The first-order valence-corrected chi connectivity index (χ1v) is 9.79. The number of aromatic nitrogens is 3. The van der Waals surface area contributed by atoms with E-state index in [1.807, 2.05) is 30.5 Å². The predicted molar refractivity (Wildman–Crippen MR) is 108 cm³/mol. The molecule has 2 heterocycles. The van der Waals surface area contributed by atoms with Gasteiger partial charge in [0.15, 0.2) is 0 Å². The number of benzene rings is 1. The van der Waals surface area contributed by atoms with Crippen LogP contribution in [0.2, 0.25) is 0 Å². The molecule has 9 heteroatoms. The van der Waals surface area contributed by atoms with E-state index in [2.05, 4.69) is 9.97 Å². The van der Waals surface area contributed by atoms with Crippen LogP contribution in [0.4, 0.5) is 5.69 Å². The Bertz CT molecular complexity index is 1030. The topological polar surface area (TPSA) is 111 Å². The molecule has 3 aromatic rings. The molecule has 2 aromatic heterocycles. The number of hydrogen-bond donors (Lipinski definition) is 1. The minimum Gasteiger partial charge on any atom is -0.481 e. The van der Waals surface area contributed by atoms with Crippen molar-refractivity contribution < 1.29 is 14.8 Å². The SMILES string of the molecule is CC(C)c1nc(CC(=O)O)n(Cc2cccnc2)c1Sc1cccc([N+](=O)[O-])c1. The molecule has 0 bridgehead atoms. The Balaban J connectivity index is 2.09. The minimum absolute atomic E-state index is 0.00480. The zero-order valence-electron chi connectivity index (χ0n) is 16.0. The van der Waals surface area contributed by atoms with Crippen LogP contribution in [0, 0.1) is 10.1 Å². The van der Waals surface area contributed by atoms with Gasteiger partial charge in [0.05, 0.1) is 17.2 Å². The largest absolute Gasteiger partial charge is 0.481 e. The van der Waals surface area contributed by atoms with Crippen LogP contribution in [0.3, 0.4) is 0 Å². The molecule has 150 valence electrons. The monoisotopic (exact) mass is 412 g/mol. The summed E-state index contributed by atoms with van der Waals surface area (Å²) < 4.78 is 1.87. The van der Waals surface area contributed by atoms with E-state index >= 15 is 0 Å². The molecular weight excluding hydrogens is 392 g/mol. The lowest BCUT2D eigenvalue weighted by Crippen LogP contribution is -2.11. The first-order valence-electron chi connectivity index (χ1n) is 8.97. The summed E-state index contributed by atoms with van der Waals surface area (Å²) in [5.41, 5.74) is 1.68. The Kier molecular flexibility index (Phi) is 6.28. The maximum atomic E-state index is 11.4. The Morgan fingerprint density at radius 2 is 2.10 bits per heavy atom. The fourth-order valence-corrected chi connectivity index (χ4v) is 4.08. The van der Waals surface area contributed by atoms with Gasteiger partial charge in [-0.25, -0.2) is 4.98 Å². The second-order valence-corrected chi connectivity index (χ2v) is 7.81. The highest BCUT2D eigenvalue weighted by molar-refractivity contribution is 7.99. The molecule has 0 amide bonds. The molecule has 0 unspecified atom stereocenters. The summed E-state index contributed by atoms with van der Waals surface area (Å²) in [6.45, 7) is 4.38. The molecule has 0 saturated carbocycles. The van der Waals surface area contributed by atoms with Gasteiger partial charge in [-0.2, -0.15) is 0 Å². The number of carbonyl (C=O) groups is 1. The summed E-state index contributed by atoms with van der Waals surface area (Å²) in [6, 6.07) is 10.1. The fraction of sp³-hybridized carbons (Fsp3) is 0.250. The van der Waals surface area contributed by atoms with Gasteiger partial charge in [-0.3, -0.25) is 19.9 Å². The second kappa shape index (κ2) is 8.87. The number of nitro groups is 1. The van der Waals surface area contributed by atoms with E-state index in [1.165, 1.54) is 23.9 Å². The molecule has 8 nitrogen and oxygen atoms in total. The Hall–Kier alpha value is -3.20. The van der Waals surface area contributed by atoms with Crippen molar-refractivity contribution in [3.63, 3.8) is 0 Å². The van der Waals surface area contributed by atoms with Gasteiger partial charge in [0.2, 0.25) is 0 Å². The molecule has 1 N–H and O–H groups in total. The van der Waals surface area contributed by atoms with E-state index in [0.717, 1.165) is 16.3 Å². The summed E-state index contributed by atoms with van der Waals surface area (Å²) in [7, 11) is 0. The summed E-state index contributed by atoms with van der Waals surface area (Å²) >= 11 is 1.35. The standard InChI is InChI=1S/C20H20N4O4S/c1-13(2)19-20(29-16-7-3-6-15(9-16)24(27)28)23(17(22-19)10-18(25)26)12-14-5-4-8-21-11-14/h3-9,11,13H,10,12H2,1-2H3,(H,25,26). The van der Waals surface area contributed by atoms with Crippen LogP contribution in [0.1, 0.15) is 36.8 Å². The fourth-order valence-electron chi connectivity index (χ4n) is 2.87. The number of carboxylic acids is 1. The van der Waals surface area contributed by atoms with Gasteiger partial charge in [-0.05, 0) is 23.6 Å². The average molecular weight is 412 g/mol. The third kappa shape index (κ3) is 5.00. The summed E-state index contributed by atoms with van der Waals surface area (Å²) in [4.78, 5) is 31.5. The van der Waals surface area contributed by atoms with Crippen LogP contribution in [0.5, 0.6) is 0 Å². The maximum absolute atomic E-state index is 11.4. The third-order valence-electron chi connectivity index (χ3n) is 4.19. The molecule has 1 aromatic carbocycles. The number of imidazole rings is 1. The van der Waals surface area contributed by atoms with E-state index in [4.69, 9.17) is 0 Å². The van der Waals surface area contributed by atoms with E-state index in [0.29, 0.717) is 17.3 Å². The van der Waals surface area contributed by atoms with Gasteiger partial charge < -0.3 is 9.67 Å². The van der Waals surface area contributed by atoms with Crippen LogP contribution in [0.25, 0.3) is 0 Å². The van der Waals surface area contributed by atoms with E-state index in [9.17, 15) is 20.0 Å². The van der Waals surface area contributed by atoms with Crippen LogP contribution in [0.15, 0.2) is 58.7 Å². The zero-order chi connectivity index (χ0) is 21.0. The molecule has 3 rings (SSSR count). The molecule has 0 aliphatic heterocycles. The molecule has 0 aliphatic rings. The molecule has 0 fully saturated rings. The van der Waals surface area contributed by atoms with Crippen molar-refractivity contribution in [1.29, 1.82) is 0 Å². The average Bonchev–Trinajstić information content (AvgIpc) is 2.99. The smallest absolute Gasteiger partial charge is 0.311 e. The summed E-state index contributed by atoms with van der Waals surface area (Å²) in [5.74, 6) is -0.471. The quantitative estimate of drug-likeness (QED) is 0.437. The first-order chi connectivity index (χ1) is 13.8. The van der Waals surface area contributed by atoms with Crippen molar-refractivity contribution in [3.8, 4) is 0 Å². The molecule has 0 atom stereocenters. The molecule has 0 radical (unpaired) electrons. The highest BCUT2D eigenvalue weighted by atomic mass is 32.2. The number of nitrogens with zero attached hydrogens (tertiary/aromatic N) is 4. The number of carboxylic acid groups (broad SMARTS) is 1. The Morgan fingerprint density at radius 3 is 2.72 bits per heavy atom. The minimum atomic E-state index is -0.968. The highest BCUT2D eigenvalue weighted by Crippen LogP contribution is 2.36. The number of pyridine rings is 1. The van der Waals surface area contributed by atoms with Crippen molar-refractivity contribution in [2.75, 3.05) is 0 Å². The Labute approximate surface area is 171 Å². The highest BCUT2D eigenvalue weighted by Gasteiger charge is 2.22. The lowest BCUT2D eigenvalue weighted by molar-refractivity contribution is -0.385. The van der Waals surface area contributed by atoms with Gasteiger partial charge in [-0.1, -0.05) is 37.7 Å². The molecule has 0 spiro atoms. The summed E-state index contributed by atoms with van der Waals surface area (Å²) in [6.07, 6.45) is 3.19. The molecule has 29 heavy (non-hydrogen) atoms. The number of hydrogen-bond acceptors (Lipinski definition) is 6. The predicted octanol–water partition coefficient (Wildman–Crippen LogP) is 4.14. The van der Waals surface area contributed by atoms with Gasteiger partial charge in [0.25, 0.3) is 5.69 Å². The number of nitro benzene ring substituents is 1. The second-order valence-electron chi connectivity index (χ2n) is 6.75. The van der Waals surface area contributed by atoms with Crippen molar-refractivity contribution in [1.82, 2.24) is 14.5 Å². The molecule has 0 saturated heterocycles. The van der Waals surface area contributed by atoms with Crippen molar-refractivity contribution >= 4 is 23.4 Å². The maximum Gasteiger partial charge on any atom is 0.311 e. The van der Waals surface area contributed by atoms with Crippen LogP contribution in [-0.4, -0.2) is 30.5 Å². The van der Waals surface area contributed by atoms with Crippen LogP contribution < -0.4 is 0 Å². The van der Waals surface area contributed by atoms with Crippen LogP contribution >= 0.6 is 11.8 Å². The van der Waals surface area contributed by atoms with Gasteiger partial charge >= 0.3 is 5.97 Å². The van der Waals surface area contributed by atoms with Crippen LogP contribution in [-0.2, 0) is 17.8 Å². The molecule has 0 aliphatic carbocycles. The lowest BCUT2D eigenvalue weighted by Gasteiger charge is -2.13. The number of aliphatic carboxylic acids is 1. The Morgan fingerprint density at radius 1 is 1.31 bits per heavy atom. The normalized spacial score (nSPS) is 11.0. The first kappa shape index (κ1) is 20.5. The van der Waals surface area contributed by atoms with Crippen molar-refractivity contribution in [3.05, 3.63) is 76.0 Å². The number of non-ortho nitro benzene ring substituents is 1. The number of rotatable bonds is 8. The van der Waals surface area contributed by atoms with E-state index < -0.39 is 10.9 Å². The van der Waals surface area contributed by atoms with E-state index in [-0.39, 0.29) is 18.0 Å². The van der Waals surface area contributed by atoms with Gasteiger partial charge in [0, 0.05) is 29.4 Å². The zero-order valence-corrected chi connectivity index (χ0v) is 16.8. The third-order valence-corrected chi connectivity index (χ3v) is 5.30. The molecular formula is C20H20N4O4S.